The molecule has 0 saturated carbocycles. The number of likely N-dealkylation sites (tertiary alicyclic amines) is 1. The summed E-state index contributed by atoms with van der Waals surface area (Å²) in [5, 5.41) is 2.91. The van der Waals surface area contributed by atoms with Crippen LogP contribution in [-0.2, 0) is 0 Å². The van der Waals surface area contributed by atoms with E-state index in [1.54, 1.807) is 17.4 Å². The first-order valence-electron chi connectivity index (χ1n) is 9.44. The lowest BCUT2D eigenvalue weighted by atomic mass is 10.1. The van der Waals surface area contributed by atoms with Gasteiger partial charge in [0.25, 0.3) is 5.91 Å². The molecule has 1 aliphatic rings. The molecule has 3 aromatic heterocycles. The summed E-state index contributed by atoms with van der Waals surface area (Å²) in [6.07, 6.45) is 0.905. The molecule has 1 N–H and O–H groups in total. The minimum atomic E-state index is -0.291. The van der Waals surface area contributed by atoms with Crippen LogP contribution in [0.4, 0.5) is 4.39 Å². The lowest BCUT2D eigenvalue weighted by Gasteiger charge is -2.16. The van der Waals surface area contributed by atoms with Gasteiger partial charge in [-0.2, -0.15) is 0 Å². The lowest BCUT2D eigenvalue weighted by molar-refractivity contribution is 0.0785. The maximum absolute atomic E-state index is 13.6. The Morgan fingerprint density at radius 3 is 2.96 bits per heavy atom. The fourth-order valence-electron chi connectivity index (χ4n) is 4.36. The highest BCUT2D eigenvalue weighted by Gasteiger charge is 2.32. The van der Waals surface area contributed by atoms with Crippen molar-refractivity contribution in [1.29, 1.82) is 0 Å². The van der Waals surface area contributed by atoms with E-state index in [-0.39, 0.29) is 17.6 Å². The number of aromatic nitrogens is 3. The van der Waals surface area contributed by atoms with Crippen LogP contribution in [0.2, 0.25) is 0 Å². The molecule has 7 heteroatoms. The Hall–Kier alpha value is -2.67. The van der Waals surface area contributed by atoms with E-state index < -0.39 is 0 Å². The highest BCUT2D eigenvalue weighted by atomic mass is 32.1. The number of benzene rings is 1. The molecule has 0 unspecified atom stereocenters. The molecule has 1 atom stereocenters. The molecule has 0 aliphatic carbocycles. The molecule has 28 heavy (non-hydrogen) atoms. The first-order valence-corrected chi connectivity index (χ1v) is 10.3. The number of H-pyrrole nitrogens is 1. The maximum Gasteiger partial charge on any atom is 0.270 e. The normalized spacial score (nSPS) is 17.3. The number of hydrogen-bond acceptors (Lipinski definition) is 3. The molecule has 1 aliphatic heterocycles. The van der Waals surface area contributed by atoms with Crippen LogP contribution in [0.3, 0.4) is 0 Å². The highest BCUT2D eigenvalue weighted by molar-refractivity contribution is 7.15. The average Bonchev–Trinajstić information content (AvgIpc) is 3.42. The summed E-state index contributed by atoms with van der Waals surface area (Å²) in [5.74, 6) is 0.932. The van der Waals surface area contributed by atoms with Crippen molar-refractivity contribution in [3.63, 3.8) is 0 Å². The van der Waals surface area contributed by atoms with Crippen molar-refractivity contribution in [3.8, 4) is 0 Å². The number of carbonyl (C=O) groups is 1. The van der Waals surface area contributed by atoms with Gasteiger partial charge in [-0.15, -0.1) is 11.3 Å². The van der Waals surface area contributed by atoms with Gasteiger partial charge in [-0.1, -0.05) is 0 Å². The van der Waals surface area contributed by atoms with Gasteiger partial charge in [-0.3, -0.25) is 9.20 Å². The Kier molecular flexibility index (Phi) is 3.84. The molecule has 0 bridgehead atoms. The van der Waals surface area contributed by atoms with Gasteiger partial charge < -0.3 is 9.88 Å². The Morgan fingerprint density at radius 1 is 1.32 bits per heavy atom. The summed E-state index contributed by atoms with van der Waals surface area (Å²) in [5.41, 5.74) is 4.44. The van der Waals surface area contributed by atoms with Crippen LogP contribution < -0.4 is 0 Å². The molecule has 5 nitrogen and oxygen atoms in total. The summed E-state index contributed by atoms with van der Waals surface area (Å²) in [4.78, 5) is 24.2. The predicted molar refractivity (Wildman–Crippen MR) is 109 cm³/mol. The van der Waals surface area contributed by atoms with Crippen LogP contribution in [0, 0.1) is 26.6 Å². The fourth-order valence-corrected chi connectivity index (χ4v) is 5.46. The number of rotatable bonds is 2. The van der Waals surface area contributed by atoms with Crippen molar-refractivity contribution < 1.29 is 9.18 Å². The molecule has 0 radical (unpaired) electrons. The zero-order valence-electron chi connectivity index (χ0n) is 16.0. The summed E-state index contributed by atoms with van der Waals surface area (Å²) in [6, 6.07) is 4.58. The van der Waals surface area contributed by atoms with E-state index in [0.29, 0.717) is 18.8 Å². The predicted octanol–water partition coefficient (Wildman–Crippen LogP) is 4.57. The molecule has 4 heterocycles. The van der Waals surface area contributed by atoms with Gasteiger partial charge in [0.05, 0.1) is 5.69 Å². The highest BCUT2D eigenvalue weighted by Crippen LogP contribution is 2.34. The van der Waals surface area contributed by atoms with E-state index >= 15 is 0 Å². The lowest BCUT2D eigenvalue weighted by Crippen LogP contribution is -2.29. The number of thiazole rings is 1. The molecule has 0 spiro atoms. The van der Waals surface area contributed by atoms with Crippen LogP contribution in [0.25, 0.3) is 15.7 Å². The molecule has 1 amide bonds. The van der Waals surface area contributed by atoms with Gasteiger partial charge in [0.1, 0.15) is 22.2 Å². The average molecular weight is 396 g/mol. The smallest absolute Gasteiger partial charge is 0.270 e. The zero-order chi connectivity index (χ0) is 19.6. The molecule has 5 rings (SSSR count). The quantitative estimate of drug-likeness (QED) is 0.540. The number of aryl methyl sites for hydroxylation is 3. The number of halogens is 1. The summed E-state index contributed by atoms with van der Waals surface area (Å²) >= 11 is 1.72. The van der Waals surface area contributed by atoms with Gasteiger partial charge in [-0.25, -0.2) is 9.37 Å². The van der Waals surface area contributed by atoms with E-state index in [4.69, 9.17) is 4.98 Å². The molecule has 1 saturated heterocycles. The third-order valence-electron chi connectivity index (χ3n) is 5.82. The van der Waals surface area contributed by atoms with E-state index in [9.17, 15) is 9.18 Å². The summed E-state index contributed by atoms with van der Waals surface area (Å²) in [6.45, 7) is 7.35. The zero-order valence-corrected chi connectivity index (χ0v) is 16.9. The van der Waals surface area contributed by atoms with Gasteiger partial charge in [0, 0.05) is 41.0 Å². The Labute approximate surface area is 165 Å². The number of amides is 1. The molecular weight excluding hydrogens is 375 g/mol. The number of aromatic amines is 1. The summed E-state index contributed by atoms with van der Waals surface area (Å²) < 4.78 is 15.8. The third kappa shape index (κ3) is 2.49. The summed E-state index contributed by atoms with van der Waals surface area (Å²) in [7, 11) is 0. The Balaban J connectivity index is 1.44. The number of nitrogens with one attached hydrogen (secondary N) is 1. The molecule has 4 aromatic rings. The van der Waals surface area contributed by atoms with Gasteiger partial charge in [-0.05, 0) is 51.0 Å². The van der Waals surface area contributed by atoms with E-state index in [0.717, 1.165) is 34.4 Å². The number of hydrogen-bond donors (Lipinski definition) is 1. The topological polar surface area (TPSA) is 53.4 Å². The van der Waals surface area contributed by atoms with Crippen LogP contribution >= 0.6 is 11.3 Å². The van der Waals surface area contributed by atoms with E-state index in [1.807, 2.05) is 18.7 Å². The second kappa shape index (κ2) is 6.17. The van der Waals surface area contributed by atoms with Crippen molar-refractivity contribution >= 4 is 33.0 Å². The van der Waals surface area contributed by atoms with E-state index in [1.165, 1.54) is 22.7 Å². The number of carbonyl (C=O) groups excluding carboxylic acids is 1. The monoisotopic (exact) mass is 396 g/mol. The minimum absolute atomic E-state index is 0.0221. The SMILES string of the molecule is Cc1c(C(=O)N2CC[C@@H](c3nc(C)n4c(C)csc34)C2)[nH]c2ccc(F)cc12. The molecule has 144 valence electrons. The van der Waals surface area contributed by atoms with Gasteiger partial charge >= 0.3 is 0 Å². The van der Waals surface area contributed by atoms with Gasteiger partial charge in [0.15, 0.2) is 0 Å². The largest absolute Gasteiger partial charge is 0.350 e. The molecule has 1 fully saturated rings. The van der Waals surface area contributed by atoms with Crippen molar-refractivity contribution in [3.05, 3.63) is 57.9 Å². The van der Waals surface area contributed by atoms with Crippen molar-refractivity contribution in [1.82, 2.24) is 19.3 Å². The van der Waals surface area contributed by atoms with Crippen LogP contribution in [-0.4, -0.2) is 38.3 Å². The van der Waals surface area contributed by atoms with Crippen LogP contribution in [0.1, 0.15) is 45.6 Å². The van der Waals surface area contributed by atoms with Crippen molar-refractivity contribution in [2.24, 2.45) is 0 Å². The minimum Gasteiger partial charge on any atom is -0.350 e. The Morgan fingerprint density at radius 2 is 2.14 bits per heavy atom. The van der Waals surface area contributed by atoms with Crippen LogP contribution in [0.15, 0.2) is 23.6 Å². The fraction of sp³-hybridized carbons (Fsp3) is 0.333. The van der Waals surface area contributed by atoms with Crippen molar-refractivity contribution in [2.45, 2.75) is 33.1 Å². The number of imidazole rings is 1. The number of nitrogens with zero attached hydrogens (tertiary/aromatic N) is 3. The molecular formula is C21H21FN4OS. The van der Waals surface area contributed by atoms with Gasteiger partial charge in [0.2, 0.25) is 0 Å². The second-order valence-corrected chi connectivity index (χ2v) is 8.47. The second-order valence-electron chi connectivity index (χ2n) is 7.61. The third-order valence-corrected chi connectivity index (χ3v) is 6.89. The standard InChI is InChI=1S/C21H21FN4OS/c1-11-10-28-21-19(23-13(3)26(11)21)14-6-7-25(9-14)20(27)18-12(2)16-8-15(22)4-5-17(16)24-18/h4-5,8,10,14,24H,6-7,9H2,1-3H3/t14-/m1/s1. The first-order chi connectivity index (χ1) is 13.4. The molecule has 1 aromatic carbocycles. The maximum atomic E-state index is 13.6. The van der Waals surface area contributed by atoms with Crippen molar-refractivity contribution in [2.75, 3.05) is 13.1 Å². The number of fused-ring (bicyclic) bond motifs is 2. The first kappa shape index (κ1) is 17.4. The van der Waals surface area contributed by atoms with Crippen LogP contribution in [0.5, 0.6) is 0 Å². The van der Waals surface area contributed by atoms with E-state index in [2.05, 4.69) is 21.7 Å². The Bertz CT molecular complexity index is 1230.